The molecule has 0 spiro atoms. The zero-order valence-electron chi connectivity index (χ0n) is 22.7. The minimum Gasteiger partial charge on any atom is -0.492 e. The number of hydrogen-bond donors (Lipinski definition) is 3. The number of cyclic esters (lactones) is 1. The lowest BCUT2D eigenvalue weighted by Crippen LogP contribution is -2.59. The van der Waals surface area contributed by atoms with Crippen LogP contribution >= 0.6 is 0 Å². The van der Waals surface area contributed by atoms with Crippen molar-refractivity contribution in [2.24, 2.45) is 0 Å². The summed E-state index contributed by atoms with van der Waals surface area (Å²) in [7, 11) is 1.55. The summed E-state index contributed by atoms with van der Waals surface area (Å²) in [5, 5.41) is 16.0. The van der Waals surface area contributed by atoms with Gasteiger partial charge < -0.3 is 39.4 Å². The standard InChI is InChI=1S/C28H28N6O8/c1-40-25-19(5-4-17-23(25)33(15-2-3-15)12-18(24(17)36)27(37)38)32-9-14(10-32)29-8-16-11-34(28(39)42-16)21-7-6-20-26(30-21)31-22(35)13-41-20/h4-7,12,14-16,29H,2-3,8-11,13H2,1H3,(H,37,38)(H,30,31,35). The first-order valence-corrected chi connectivity index (χ1v) is 13.7. The van der Waals surface area contributed by atoms with Crippen LogP contribution in [0.3, 0.4) is 0 Å². The van der Waals surface area contributed by atoms with Gasteiger partial charge in [-0.15, -0.1) is 0 Å². The van der Waals surface area contributed by atoms with Gasteiger partial charge in [0.15, 0.2) is 23.9 Å². The smallest absolute Gasteiger partial charge is 0.416 e. The first-order chi connectivity index (χ1) is 20.3. The number of aromatic nitrogens is 2. The van der Waals surface area contributed by atoms with E-state index in [-0.39, 0.29) is 42.1 Å². The fourth-order valence-corrected chi connectivity index (χ4v) is 5.67. The average Bonchev–Trinajstić information content (AvgIpc) is 3.73. The number of fused-ring (bicyclic) bond motifs is 2. The van der Waals surface area contributed by atoms with Crippen molar-refractivity contribution in [1.29, 1.82) is 0 Å². The normalized spacial score (nSPS) is 20.1. The Morgan fingerprint density at radius 1 is 1.17 bits per heavy atom. The molecule has 1 saturated carbocycles. The number of hydrogen-bond acceptors (Lipinski definition) is 10. The van der Waals surface area contributed by atoms with Gasteiger partial charge in [-0.1, -0.05) is 0 Å². The number of benzene rings is 1. The van der Waals surface area contributed by atoms with Gasteiger partial charge in [-0.2, -0.15) is 0 Å². The zero-order chi connectivity index (χ0) is 29.1. The van der Waals surface area contributed by atoms with Crippen LogP contribution < -0.4 is 35.3 Å². The number of nitrogens with zero attached hydrogens (tertiary/aromatic N) is 4. The van der Waals surface area contributed by atoms with Gasteiger partial charge in [0, 0.05) is 37.9 Å². The molecule has 42 heavy (non-hydrogen) atoms. The molecule has 2 aromatic heterocycles. The third-order valence-corrected chi connectivity index (χ3v) is 7.97. The van der Waals surface area contributed by atoms with Crippen LogP contribution in [0.2, 0.25) is 0 Å². The Labute approximate surface area is 238 Å². The molecule has 7 rings (SSSR count). The molecule has 3 N–H and O–H groups in total. The molecule has 2 amide bonds. The number of rotatable bonds is 8. The summed E-state index contributed by atoms with van der Waals surface area (Å²) in [6.45, 7) is 2.01. The Morgan fingerprint density at radius 3 is 2.71 bits per heavy atom. The fraction of sp³-hybridized carbons (Fsp3) is 0.393. The lowest BCUT2D eigenvalue weighted by molar-refractivity contribution is -0.118. The van der Waals surface area contributed by atoms with Crippen molar-refractivity contribution in [2.45, 2.75) is 31.0 Å². The number of carboxylic acid groups (broad SMARTS) is 1. The van der Waals surface area contributed by atoms with E-state index >= 15 is 0 Å². The number of carboxylic acids is 1. The molecule has 218 valence electrons. The quantitative estimate of drug-likeness (QED) is 0.357. The summed E-state index contributed by atoms with van der Waals surface area (Å²) in [6.07, 6.45) is 2.36. The molecule has 1 atom stereocenters. The van der Waals surface area contributed by atoms with Gasteiger partial charge in [0.05, 0.1) is 30.2 Å². The lowest BCUT2D eigenvalue weighted by atomic mass is 10.0. The molecule has 3 aliphatic heterocycles. The second-order valence-corrected chi connectivity index (χ2v) is 10.8. The van der Waals surface area contributed by atoms with Crippen LogP contribution in [-0.2, 0) is 9.53 Å². The number of aromatic carboxylic acids is 1. The van der Waals surface area contributed by atoms with Crippen LogP contribution in [-0.4, -0.2) is 84.7 Å². The van der Waals surface area contributed by atoms with Crippen molar-refractivity contribution in [2.75, 3.05) is 55.0 Å². The number of carbonyl (C=O) groups is 3. The van der Waals surface area contributed by atoms with Crippen LogP contribution in [0.1, 0.15) is 29.2 Å². The highest BCUT2D eigenvalue weighted by molar-refractivity contribution is 5.97. The minimum atomic E-state index is -1.24. The molecule has 0 bridgehead atoms. The predicted octanol–water partition coefficient (Wildman–Crippen LogP) is 1.57. The van der Waals surface area contributed by atoms with Gasteiger partial charge in [0.2, 0.25) is 5.43 Å². The summed E-state index contributed by atoms with van der Waals surface area (Å²) >= 11 is 0. The number of carbonyl (C=O) groups excluding carboxylic acids is 2. The molecule has 3 aromatic rings. The van der Waals surface area contributed by atoms with E-state index in [0.717, 1.165) is 18.5 Å². The Bertz CT molecular complexity index is 1700. The molecule has 2 saturated heterocycles. The first-order valence-electron chi connectivity index (χ1n) is 13.7. The van der Waals surface area contributed by atoms with E-state index in [1.165, 1.54) is 11.1 Å². The van der Waals surface area contributed by atoms with Crippen LogP contribution in [0.15, 0.2) is 35.3 Å². The number of ether oxygens (including phenoxy) is 3. The second kappa shape index (κ2) is 9.91. The number of anilines is 3. The summed E-state index contributed by atoms with van der Waals surface area (Å²) in [4.78, 5) is 56.7. The van der Waals surface area contributed by atoms with E-state index in [1.807, 2.05) is 4.57 Å². The van der Waals surface area contributed by atoms with E-state index < -0.39 is 17.5 Å². The number of nitrogens with one attached hydrogen (secondary N) is 2. The van der Waals surface area contributed by atoms with Gasteiger partial charge in [0.1, 0.15) is 17.5 Å². The van der Waals surface area contributed by atoms with Gasteiger partial charge in [0.25, 0.3) is 5.91 Å². The topological polar surface area (TPSA) is 165 Å². The monoisotopic (exact) mass is 576 g/mol. The summed E-state index contributed by atoms with van der Waals surface area (Å²) < 4.78 is 18.6. The van der Waals surface area contributed by atoms with E-state index in [9.17, 15) is 24.3 Å². The van der Waals surface area contributed by atoms with Crippen LogP contribution in [0, 0.1) is 0 Å². The SMILES string of the molecule is COc1c(N2CC(NCC3CN(c4ccc5c(n4)NC(=O)CO5)C(=O)O3)C2)ccc2c(=O)c(C(=O)O)cn(C3CC3)c12. The van der Waals surface area contributed by atoms with Crippen molar-refractivity contribution in [3.63, 3.8) is 0 Å². The molecule has 0 radical (unpaired) electrons. The summed E-state index contributed by atoms with van der Waals surface area (Å²) in [5.74, 6) is 0.0837. The van der Waals surface area contributed by atoms with Crippen molar-refractivity contribution in [3.05, 3.63) is 46.2 Å². The zero-order valence-corrected chi connectivity index (χ0v) is 22.7. The van der Waals surface area contributed by atoms with Gasteiger partial charge in [-0.3, -0.25) is 14.5 Å². The largest absolute Gasteiger partial charge is 0.492 e. The maximum atomic E-state index is 12.9. The Hall–Kier alpha value is -4.85. The van der Waals surface area contributed by atoms with Crippen molar-refractivity contribution < 1.29 is 33.7 Å². The number of pyridine rings is 2. The van der Waals surface area contributed by atoms with Crippen molar-refractivity contribution in [1.82, 2.24) is 14.9 Å². The van der Waals surface area contributed by atoms with Crippen LogP contribution in [0.5, 0.6) is 11.5 Å². The average molecular weight is 577 g/mol. The predicted molar refractivity (Wildman–Crippen MR) is 150 cm³/mol. The first kappa shape index (κ1) is 26.1. The molecule has 5 heterocycles. The molecule has 14 heteroatoms. The highest BCUT2D eigenvalue weighted by atomic mass is 16.6. The molecule has 4 aliphatic rings. The highest BCUT2D eigenvalue weighted by Crippen LogP contribution is 2.43. The highest BCUT2D eigenvalue weighted by Gasteiger charge is 2.37. The summed E-state index contributed by atoms with van der Waals surface area (Å²) in [6, 6.07) is 7.07. The summed E-state index contributed by atoms with van der Waals surface area (Å²) in [5.41, 5.74) is 0.676. The van der Waals surface area contributed by atoms with E-state index in [0.29, 0.717) is 54.4 Å². The molecule has 1 unspecified atom stereocenters. The van der Waals surface area contributed by atoms with Crippen molar-refractivity contribution >= 4 is 46.2 Å². The number of amides is 2. The van der Waals surface area contributed by atoms with Crippen LogP contribution in [0.25, 0.3) is 10.9 Å². The second-order valence-electron chi connectivity index (χ2n) is 10.8. The van der Waals surface area contributed by atoms with Gasteiger partial charge in [-0.25, -0.2) is 14.6 Å². The van der Waals surface area contributed by atoms with E-state index in [1.54, 1.807) is 31.4 Å². The van der Waals surface area contributed by atoms with Gasteiger partial charge in [-0.05, 0) is 37.1 Å². The Balaban J connectivity index is 1.01. The lowest BCUT2D eigenvalue weighted by Gasteiger charge is -2.42. The molecular formula is C28H28N6O8. The molecule has 14 nitrogen and oxygen atoms in total. The molecular weight excluding hydrogens is 548 g/mol. The molecule has 1 aromatic carbocycles. The van der Waals surface area contributed by atoms with Gasteiger partial charge >= 0.3 is 12.1 Å². The maximum absolute atomic E-state index is 12.9. The maximum Gasteiger partial charge on any atom is 0.416 e. The fourth-order valence-electron chi connectivity index (χ4n) is 5.67. The van der Waals surface area contributed by atoms with Crippen molar-refractivity contribution in [3.8, 4) is 11.5 Å². The van der Waals surface area contributed by atoms with Crippen LogP contribution in [0.4, 0.5) is 22.1 Å². The third kappa shape index (κ3) is 4.43. The van der Waals surface area contributed by atoms with E-state index in [4.69, 9.17) is 14.2 Å². The molecule has 1 aliphatic carbocycles. The minimum absolute atomic E-state index is 0.0745. The Morgan fingerprint density at radius 2 is 1.98 bits per heavy atom. The third-order valence-electron chi connectivity index (χ3n) is 7.97. The number of methoxy groups -OCH3 is 1. The van der Waals surface area contributed by atoms with E-state index in [2.05, 4.69) is 20.5 Å². The molecule has 3 fully saturated rings. The Kier molecular flexibility index (Phi) is 6.15.